The first-order valence-electron chi connectivity index (χ1n) is 5.61. The van der Waals surface area contributed by atoms with Gasteiger partial charge in [-0.25, -0.2) is 0 Å². The van der Waals surface area contributed by atoms with Crippen molar-refractivity contribution in [1.82, 2.24) is 0 Å². The molecule has 2 nitrogen and oxygen atoms in total. The van der Waals surface area contributed by atoms with Crippen molar-refractivity contribution in [3.63, 3.8) is 0 Å². The highest BCUT2D eigenvalue weighted by Crippen LogP contribution is 2.09. The van der Waals surface area contributed by atoms with Gasteiger partial charge in [0.15, 0.2) is 0 Å². The fourth-order valence-corrected chi connectivity index (χ4v) is 1.72. The molecule has 17 heavy (non-hydrogen) atoms. The fourth-order valence-electron chi connectivity index (χ4n) is 1.72. The zero-order chi connectivity index (χ0) is 12.1. The Morgan fingerprint density at radius 3 is 2.24 bits per heavy atom. The van der Waals surface area contributed by atoms with Gasteiger partial charge in [0.05, 0.1) is 5.71 Å². The summed E-state index contributed by atoms with van der Waals surface area (Å²) in [5.41, 5.74) is 4.02. The summed E-state index contributed by atoms with van der Waals surface area (Å²) in [4.78, 5) is 0. The molecule has 0 aliphatic rings. The van der Waals surface area contributed by atoms with Crippen LogP contribution in [0.15, 0.2) is 59.8 Å². The molecule has 0 saturated heterocycles. The maximum absolute atomic E-state index is 9.08. The van der Waals surface area contributed by atoms with Crippen molar-refractivity contribution in [1.29, 1.82) is 0 Å². The van der Waals surface area contributed by atoms with Gasteiger partial charge in [-0.1, -0.05) is 65.3 Å². The summed E-state index contributed by atoms with van der Waals surface area (Å²) in [6.45, 7) is 2.06. The maximum Gasteiger partial charge on any atom is 0.0911 e. The minimum Gasteiger partial charge on any atom is -0.411 e. The summed E-state index contributed by atoms with van der Waals surface area (Å²) in [5, 5.41) is 12.5. The van der Waals surface area contributed by atoms with Crippen molar-refractivity contribution in [2.45, 2.75) is 13.3 Å². The summed E-state index contributed by atoms with van der Waals surface area (Å²) < 4.78 is 0. The number of nitrogens with zero attached hydrogens (tertiary/aromatic N) is 1. The van der Waals surface area contributed by atoms with E-state index in [2.05, 4.69) is 36.3 Å². The van der Waals surface area contributed by atoms with Crippen LogP contribution in [0.1, 0.15) is 16.7 Å². The van der Waals surface area contributed by atoms with Crippen molar-refractivity contribution in [3.05, 3.63) is 71.3 Å². The van der Waals surface area contributed by atoms with E-state index >= 15 is 0 Å². The number of benzene rings is 2. The quantitative estimate of drug-likeness (QED) is 0.484. The summed E-state index contributed by atoms with van der Waals surface area (Å²) >= 11 is 0. The molecule has 0 amide bonds. The first kappa shape index (κ1) is 11.4. The second kappa shape index (κ2) is 5.30. The normalized spacial score (nSPS) is 11.5. The smallest absolute Gasteiger partial charge is 0.0911 e. The van der Waals surface area contributed by atoms with Crippen molar-refractivity contribution in [2.75, 3.05) is 0 Å². The van der Waals surface area contributed by atoms with Gasteiger partial charge in [0, 0.05) is 6.42 Å². The largest absolute Gasteiger partial charge is 0.411 e. The molecule has 0 aliphatic heterocycles. The van der Waals surface area contributed by atoms with Crippen molar-refractivity contribution < 1.29 is 5.21 Å². The predicted molar refractivity (Wildman–Crippen MR) is 69.6 cm³/mol. The maximum atomic E-state index is 9.08. The van der Waals surface area contributed by atoms with E-state index in [-0.39, 0.29) is 0 Å². The molecule has 2 heteroatoms. The molecule has 86 valence electrons. The Bertz CT molecular complexity index is 500. The van der Waals surface area contributed by atoms with Crippen LogP contribution in [0.3, 0.4) is 0 Å². The highest BCUT2D eigenvalue weighted by molar-refractivity contribution is 6.01. The van der Waals surface area contributed by atoms with Gasteiger partial charge in [-0.15, -0.1) is 0 Å². The van der Waals surface area contributed by atoms with Crippen LogP contribution in [0.4, 0.5) is 0 Å². The third-order valence-corrected chi connectivity index (χ3v) is 2.72. The first-order valence-corrected chi connectivity index (χ1v) is 5.61. The number of aryl methyl sites for hydroxylation is 1. The Balaban J connectivity index is 2.19. The van der Waals surface area contributed by atoms with Crippen molar-refractivity contribution in [3.8, 4) is 0 Å². The van der Waals surface area contributed by atoms with Crippen molar-refractivity contribution in [2.24, 2.45) is 5.16 Å². The van der Waals surface area contributed by atoms with Crippen LogP contribution < -0.4 is 0 Å². The number of hydrogen-bond acceptors (Lipinski definition) is 2. The Morgan fingerprint density at radius 2 is 1.65 bits per heavy atom. The second-order valence-electron chi connectivity index (χ2n) is 4.08. The van der Waals surface area contributed by atoms with Gasteiger partial charge in [0.2, 0.25) is 0 Å². The van der Waals surface area contributed by atoms with Gasteiger partial charge < -0.3 is 5.21 Å². The average Bonchev–Trinajstić information content (AvgIpc) is 2.39. The van der Waals surface area contributed by atoms with E-state index in [0.717, 1.165) is 11.1 Å². The topological polar surface area (TPSA) is 32.6 Å². The molecule has 0 bridgehead atoms. The van der Waals surface area contributed by atoms with E-state index in [1.807, 2.05) is 30.3 Å². The lowest BCUT2D eigenvalue weighted by molar-refractivity contribution is 0.318. The van der Waals surface area contributed by atoms with E-state index in [1.165, 1.54) is 5.56 Å². The summed E-state index contributed by atoms with van der Waals surface area (Å²) in [7, 11) is 0. The van der Waals surface area contributed by atoms with Crippen LogP contribution in [-0.4, -0.2) is 10.9 Å². The Kier molecular flexibility index (Phi) is 3.55. The molecular weight excluding hydrogens is 210 g/mol. The zero-order valence-corrected chi connectivity index (χ0v) is 9.80. The lowest BCUT2D eigenvalue weighted by Gasteiger charge is -2.05. The molecule has 1 N–H and O–H groups in total. The lowest BCUT2D eigenvalue weighted by Crippen LogP contribution is -2.05. The van der Waals surface area contributed by atoms with E-state index in [4.69, 9.17) is 5.21 Å². The molecule has 0 saturated carbocycles. The van der Waals surface area contributed by atoms with Gasteiger partial charge in [-0.05, 0) is 18.1 Å². The summed E-state index contributed by atoms with van der Waals surface area (Å²) in [6.07, 6.45) is 0.640. The first-order chi connectivity index (χ1) is 8.29. The van der Waals surface area contributed by atoms with Gasteiger partial charge in [0.1, 0.15) is 0 Å². The molecular formula is C15H15NO. The molecule has 0 unspecified atom stereocenters. The molecule has 2 aromatic rings. The van der Waals surface area contributed by atoms with Crippen LogP contribution in [0.2, 0.25) is 0 Å². The fraction of sp³-hybridized carbons (Fsp3) is 0.133. The SMILES string of the molecule is Cc1ccc(CC(=NO)c2ccccc2)cc1. The third-order valence-electron chi connectivity index (χ3n) is 2.72. The molecule has 0 atom stereocenters. The molecule has 2 aromatic carbocycles. The second-order valence-corrected chi connectivity index (χ2v) is 4.08. The van der Waals surface area contributed by atoms with Crippen LogP contribution in [-0.2, 0) is 6.42 Å². The van der Waals surface area contributed by atoms with Crippen LogP contribution >= 0.6 is 0 Å². The van der Waals surface area contributed by atoms with Gasteiger partial charge >= 0.3 is 0 Å². The minimum absolute atomic E-state index is 0.640. The lowest BCUT2D eigenvalue weighted by atomic mass is 10.0. The Labute approximate surface area is 101 Å². The highest BCUT2D eigenvalue weighted by Gasteiger charge is 2.04. The molecule has 0 fully saturated rings. The van der Waals surface area contributed by atoms with Gasteiger partial charge in [0.25, 0.3) is 0 Å². The third kappa shape index (κ3) is 2.94. The minimum atomic E-state index is 0.640. The standard InChI is InChI=1S/C15H15NO/c1-12-7-9-13(10-8-12)11-15(16-17)14-5-3-2-4-6-14/h2-10,17H,11H2,1H3. The van der Waals surface area contributed by atoms with E-state index < -0.39 is 0 Å². The van der Waals surface area contributed by atoms with E-state index in [9.17, 15) is 0 Å². The summed E-state index contributed by atoms with van der Waals surface area (Å²) in [6, 6.07) is 18.0. The van der Waals surface area contributed by atoms with Crippen molar-refractivity contribution >= 4 is 5.71 Å². The molecule has 0 aromatic heterocycles. The average molecular weight is 225 g/mol. The number of hydrogen-bond donors (Lipinski definition) is 1. The number of oxime groups is 1. The van der Waals surface area contributed by atoms with Gasteiger partial charge in [-0.3, -0.25) is 0 Å². The van der Waals surface area contributed by atoms with Gasteiger partial charge in [-0.2, -0.15) is 0 Å². The molecule has 0 heterocycles. The molecule has 0 radical (unpaired) electrons. The molecule has 2 rings (SSSR count). The van der Waals surface area contributed by atoms with Crippen LogP contribution in [0.5, 0.6) is 0 Å². The highest BCUT2D eigenvalue weighted by atomic mass is 16.4. The van der Waals surface area contributed by atoms with Crippen LogP contribution in [0.25, 0.3) is 0 Å². The zero-order valence-electron chi connectivity index (χ0n) is 9.80. The molecule has 0 aliphatic carbocycles. The summed E-state index contributed by atoms with van der Waals surface area (Å²) in [5.74, 6) is 0. The monoisotopic (exact) mass is 225 g/mol. The Hall–Kier alpha value is -2.09. The van der Waals surface area contributed by atoms with Crippen LogP contribution in [0, 0.1) is 6.92 Å². The predicted octanol–water partition coefficient (Wildman–Crippen LogP) is 3.42. The van der Waals surface area contributed by atoms with E-state index in [1.54, 1.807) is 0 Å². The number of rotatable bonds is 3. The molecule has 0 spiro atoms. The van der Waals surface area contributed by atoms with E-state index in [0.29, 0.717) is 12.1 Å². The Morgan fingerprint density at radius 1 is 1.00 bits per heavy atom.